The highest BCUT2D eigenvalue weighted by atomic mass is 16.3. The van der Waals surface area contributed by atoms with E-state index in [1.165, 1.54) is 5.39 Å². The Bertz CT molecular complexity index is 739. The summed E-state index contributed by atoms with van der Waals surface area (Å²) in [6, 6.07) is 24.6. The lowest BCUT2D eigenvalue weighted by atomic mass is 9.88. The number of aliphatic hydroxyl groups excluding tert-OH is 1. The number of aliphatic hydroxyl groups is 1. The Kier molecular flexibility index (Phi) is 4.52. The molecule has 22 heavy (non-hydrogen) atoms. The zero-order chi connectivity index (χ0) is 15.4. The summed E-state index contributed by atoms with van der Waals surface area (Å²) >= 11 is 0. The molecule has 0 saturated carbocycles. The number of hydrogen-bond acceptors (Lipinski definition) is 2. The van der Waals surface area contributed by atoms with Crippen molar-refractivity contribution in [2.75, 3.05) is 13.6 Å². The van der Waals surface area contributed by atoms with Crippen LogP contribution in [0.1, 0.15) is 23.1 Å². The highest BCUT2D eigenvalue weighted by Gasteiger charge is 2.22. The van der Waals surface area contributed by atoms with Crippen LogP contribution in [0.5, 0.6) is 0 Å². The van der Waals surface area contributed by atoms with Gasteiger partial charge in [0, 0.05) is 12.5 Å². The predicted molar refractivity (Wildman–Crippen MR) is 92.0 cm³/mol. The molecule has 0 saturated heterocycles. The maximum atomic E-state index is 10.9. The molecule has 1 unspecified atom stereocenters. The highest BCUT2D eigenvalue weighted by molar-refractivity contribution is 5.83. The second kappa shape index (κ2) is 6.73. The number of rotatable bonds is 5. The van der Waals surface area contributed by atoms with E-state index in [1.807, 2.05) is 43.4 Å². The van der Waals surface area contributed by atoms with Crippen LogP contribution in [0.15, 0.2) is 72.8 Å². The van der Waals surface area contributed by atoms with Gasteiger partial charge in [0.1, 0.15) is 0 Å². The minimum Gasteiger partial charge on any atom is -0.388 e. The van der Waals surface area contributed by atoms with Gasteiger partial charge in [0.25, 0.3) is 0 Å². The average molecular weight is 291 g/mol. The van der Waals surface area contributed by atoms with E-state index in [0.29, 0.717) is 0 Å². The summed E-state index contributed by atoms with van der Waals surface area (Å²) in [6.45, 7) is 0.734. The summed E-state index contributed by atoms with van der Waals surface area (Å²) in [4.78, 5) is 0. The average Bonchev–Trinajstić information content (AvgIpc) is 2.59. The van der Waals surface area contributed by atoms with E-state index in [-0.39, 0.29) is 5.92 Å². The lowest BCUT2D eigenvalue weighted by molar-refractivity contribution is 0.144. The fraction of sp³-hybridized carbons (Fsp3) is 0.200. The van der Waals surface area contributed by atoms with E-state index < -0.39 is 6.10 Å². The maximum Gasteiger partial charge on any atom is 0.0870 e. The van der Waals surface area contributed by atoms with Crippen molar-refractivity contribution in [1.82, 2.24) is 5.32 Å². The van der Waals surface area contributed by atoms with Crippen LogP contribution in [0.4, 0.5) is 0 Å². The van der Waals surface area contributed by atoms with Crippen molar-refractivity contribution in [1.29, 1.82) is 0 Å². The first-order chi connectivity index (χ1) is 10.8. The minimum atomic E-state index is -0.528. The molecule has 2 atom stereocenters. The molecule has 0 aliphatic rings. The summed E-state index contributed by atoms with van der Waals surface area (Å²) in [6.07, 6.45) is -0.528. The van der Waals surface area contributed by atoms with Gasteiger partial charge in [-0.3, -0.25) is 0 Å². The van der Waals surface area contributed by atoms with Gasteiger partial charge in [-0.2, -0.15) is 0 Å². The van der Waals surface area contributed by atoms with Gasteiger partial charge in [-0.15, -0.1) is 0 Å². The van der Waals surface area contributed by atoms with Crippen molar-refractivity contribution in [3.8, 4) is 0 Å². The Morgan fingerprint density at radius 2 is 1.50 bits per heavy atom. The van der Waals surface area contributed by atoms with E-state index >= 15 is 0 Å². The first kappa shape index (κ1) is 14.8. The van der Waals surface area contributed by atoms with Crippen molar-refractivity contribution in [3.05, 3.63) is 83.9 Å². The van der Waals surface area contributed by atoms with E-state index in [0.717, 1.165) is 23.1 Å². The Balaban J connectivity index is 1.96. The topological polar surface area (TPSA) is 32.3 Å². The van der Waals surface area contributed by atoms with Crippen LogP contribution in [0, 0.1) is 0 Å². The fourth-order valence-electron chi connectivity index (χ4n) is 2.96. The molecule has 2 heteroatoms. The van der Waals surface area contributed by atoms with Crippen molar-refractivity contribution in [2.45, 2.75) is 12.0 Å². The Morgan fingerprint density at radius 3 is 2.23 bits per heavy atom. The molecule has 0 amide bonds. The molecule has 3 rings (SSSR count). The van der Waals surface area contributed by atoms with Crippen molar-refractivity contribution in [2.24, 2.45) is 0 Å². The van der Waals surface area contributed by atoms with Crippen LogP contribution < -0.4 is 5.32 Å². The molecule has 0 heterocycles. The lowest BCUT2D eigenvalue weighted by Crippen LogP contribution is -2.23. The minimum absolute atomic E-state index is 0.0346. The third-order valence-corrected chi connectivity index (χ3v) is 4.15. The normalized spacial score (nSPS) is 13.9. The molecular formula is C20H21NO. The third-order valence-electron chi connectivity index (χ3n) is 4.15. The Hall–Kier alpha value is -2.16. The molecule has 0 aliphatic heterocycles. The first-order valence-corrected chi connectivity index (χ1v) is 7.66. The molecule has 112 valence electrons. The van der Waals surface area contributed by atoms with Gasteiger partial charge in [0.15, 0.2) is 0 Å². The molecule has 2 nitrogen and oxygen atoms in total. The van der Waals surface area contributed by atoms with Crippen molar-refractivity contribution >= 4 is 10.8 Å². The molecule has 0 aromatic heterocycles. The summed E-state index contributed by atoms with van der Waals surface area (Å²) in [5, 5.41) is 16.4. The molecule has 3 aromatic rings. The standard InChI is InChI=1S/C20H21NO/c1-21-14-19(16-8-3-2-4-9-16)20(22)18-12-11-15-7-5-6-10-17(15)13-18/h2-13,19-22H,14H2,1H3/t19?,20-/m1/s1. The highest BCUT2D eigenvalue weighted by Crippen LogP contribution is 2.32. The van der Waals surface area contributed by atoms with Crippen LogP contribution in [0.3, 0.4) is 0 Å². The van der Waals surface area contributed by atoms with Gasteiger partial charge in [0.05, 0.1) is 6.10 Å². The zero-order valence-electron chi connectivity index (χ0n) is 12.7. The monoisotopic (exact) mass is 291 g/mol. The lowest BCUT2D eigenvalue weighted by Gasteiger charge is -2.24. The van der Waals surface area contributed by atoms with E-state index in [9.17, 15) is 5.11 Å². The van der Waals surface area contributed by atoms with Crippen LogP contribution in [-0.2, 0) is 0 Å². The van der Waals surface area contributed by atoms with Gasteiger partial charge in [-0.05, 0) is 35.0 Å². The second-order valence-corrected chi connectivity index (χ2v) is 5.63. The van der Waals surface area contributed by atoms with Crippen LogP contribution in [0.2, 0.25) is 0 Å². The Morgan fingerprint density at radius 1 is 0.818 bits per heavy atom. The first-order valence-electron chi connectivity index (χ1n) is 7.66. The third kappa shape index (κ3) is 3.03. The summed E-state index contributed by atoms with van der Waals surface area (Å²) in [7, 11) is 1.92. The van der Waals surface area contributed by atoms with Crippen molar-refractivity contribution < 1.29 is 5.11 Å². The molecule has 0 fully saturated rings. The largest absolute Gasteiger partial charge is 0.388 e. The number of hydrogen-bond donors (Lipinski definition) is 2. The summed E-state index contributed by atoms with van der Waals surface area (Å²) in [5.41, 5.74) is 2.11. The van der Waals surface area contributed by atoms with E-state index in [2.05, 4.69) is 41.7 Å². The van der Waals surface area contributed by atoms with E-state index in [1.54, 1.807) is 0 Å². The van der Waals surface area contributed by atoms with Gasteiger partial charge in [-0.1, -0.05) is 66.7 Å². The molecule has 0 radical (unpaired) electrons. The fourth-order valence-corrected chi connectivity index (χ4v) is 2.96. The molecular weight excluding hydrogens is 270 g/mol. The molecule has 0 spiro atoms. The Labute approximate surface area is 131 Å². The number of fused-ring (bicyclic) bond motifs is 1. The van der Waals surface area contributed by atoms with Crippen LogP contribution in [-0.4, -0.2) is 18.7 Å². The SMILES string of the molecule is CNCC(c1ccccc1)[C@H](O)c1ccc2ccccc2c1. The number of likely N-dealkylation sites (N-methyl/N-ethyl adjacent to an activating group) is 1. The number of nitrogens with one attached hydrogen (secondary N) is 1. The van der Waals surface area contributed by atoms with Crippen LogP contribution >= 0.6 is 0 Å². The van der Waals surface area contributed by atoms with Gasteiger partial charge in [-0.25, -0.2) is 0 Å². The predicted octanol–water partition coefficient (Wildman–Crippen LogP) is 3.88. The van der Waals surface area contributed by atoms with Crippen molar-refractivity contribution in [3.63, 3.8) is 0 Å². The zero-order valence-corrected chi connectivity index (χ0v) is 12.7. The van der Waals surface area contributed by atoms with E-state index in [4.69, 9.17) is 0 Å². The van der Waals surface area contributed by atoms with Gasteiger partial charge in [0.2, 0.25) is 0 Å². The maximum absolute atomic E-state index is 10.9. The molecule has 0 bridgehead atoms. The van der Waals surface area contributed by atoms with Crippen LogP contribution in [0.25, 0.3) is 10.8 Å². The summed E-state index contributed by atoms with van der Waals surface area (Å²) < 4.78 is 0. The van der Waals surface area contributed by atoms with Gasteiger partial charge >= 0.3 is 0 Å². The molecule has 2 N–H and O–H groups in total. The molecule has 0 aliphatic carbocycles. The number of benzene rings is 3. The smallest absolute Gasteiger partial charge is 0.0870 e. The molecule has 3 aromatic carbocycles. The van der Waals surface area contributed by atoms with Gasteiger partial charge < -0.3 is 10.4 Å². The quantitative estimate of drug-likeness (QED) is 0.748. The summed E-state index contributed by atoms with van der Waals surface area (Å²) in [5.74, 6) is 0.0346. The second-order valence-electron chi connectivity index (χ2n) is 5.63.